The van der Waals surface area contributed by atoms with E-state index in [1.54, 1.807) is 0 Å². The monoisotopic (exact) mass is 369 g/mol. The first-order valence-corrected chi connectivity index (χ1v) is 7.72. The lowest BCUT2D eigenvalue weighted by Crippen LogP contribution is -2.25. The summed E-state index contributed by atoms with van der Waals surface area (Å²) in [6.07, 6.45) is 1.43. The van der Waals surface area contributed by atoms with Crippen molar-refractivity contribution < 1.29 is 4.74 Å². The van der Waals surface area contributed by atoms with Crippen molar-refractivity contribution in [2.45, 2.75) is 6.54 Å². The SMILES string of the molecule is Cl.Nc1nc2nc[nH]c2c(=O)n1Cc1ccc(Oc2ccccc2)cc1. The molecule has 8 heteroatoms. The van der Waals surface area contributed by atoms with Gasteiger partial charge in [0.1, 0.15) is 11.5 Å². The molecule has 4 aromatic rings. The number of rotatable bonds is 4. The van der Waals surface area contributed by atoms with Crippen molar-refractivity contribution in [3.8, 4) is 11.5 Å². The number of para-hydroxylation sites is 1. The fraction of sp³-hybridized carbons (Fsp3) is 0.0556. The van der Waals surface area contributed by atoms with Crippen LogP contribution in [0.15, 0.2) is 65.7 Å². The van der Waals surface area contributed by atoms with Gasteiger partial charge < -0.3 is 15.5 Å². The lowest BCUT2D eigenvalue weighted by atomic mass is 10.2. The molecule has 26 heavy (non-hydrogen) atoms. The number of hydrogen-bond donors (Lipinski definition) is 2. The molecule has 0 saturated carbocycles. The van der Waals surface area contributed by atoms with E-state index in [0.29, 0.717) is 17.7 Å². The molecule has 0 aliphatic carbocycles. The molecule has 7 nitrogen and oxygen atoms in total. The number of anilines is 1. The molecule has 0 unspecified atom stereocenters. The number of nitrogens with one attached hydrogen (secondary N) is 1. The largest absolute Gasteiger partial charge is 0.457 e. The second-order valence-corrected chi connectivity index (χ2v) is 5.52. The molecule has 132 valence electrons. The second kappa shape index (κ2) is 7.28. The molecule has 2 aromatic carbocycles. The molecule has 0 amide bonds. The molecule has 2 heterocycles. The number of imidazole rings is 1. The Morgan fingerprint density at radius 3 is 2.46 bits per heavy atom. The minimum atomic E-state index is -0.246. The summed E-state index contributed by atoms with van der Waals surface area (Å²) in [7, 11) is 0. The number of fused-ring (bicyclic) bond motifs is 1. The van der Waals surface area contributed by atoms with Gasteiger partial charge in [-0.15, -0.1) is 12.4 Å². The number of halogens is 1. The Bertz CT molecular complexity index is 1070. The first-order chi connectivity index (χ1) is 12.2. The normalized spacial score (nSPS) is 10.5. The van der Waals surface area contributed by atoms with Crippen LogP contribution in [-0.2, 0) is 6.54 Å². The van der Waals surface area contributed by atoms with Crippen molar-refractivity contribution in [2.75, 3.05) is 5.73 Å². The minimum Gasteiger partial charge on any atom is -0.457 e. The molecule has 0 aliphatic rings. The number of aromatic amines is 1. The van der Waals surface area contributed by atoms with Gasteiger partial charge in [-0.05, 0) is 29.8 Å². The topological polar surface area (TPSA) is 98.8 Å². The summed E-state index contributed by atoms with van der Waals surface area (Å²) in [5, 5.41) is 0. The van der Waals surface area contributed by atoms with Crippen LogP contribution >= 0.6 is 12.4 Å². The average Bonchev–Trinajstić information content (AvgIpc) is 3.09. The van der Waals surface area contributed by atoms with Crippen molar-refractivity contribution in [3.63, 3.8) is 0 Å². The predicted octanol–water partition coefficient (Wildman–Crippen LogP) is 2.96. The molecule has 0 bridgehead atoms. The van der Waals surface area contributed by atoms with Crippen molar-refractivity contribution in [1.82, 2.24) is 19.5 Å². The maximum absolute atomic E-state index is 12.5. The molecule has 0 atom stereocenters. The Hall–Kier alpha value is -3.32. The highest BCUT2D eigenvalue weighted by Gasteiger charge is 2.11. The Morgan fingerprint density at radius 1 is 1.04 bits per heavy atom. The zero-order valence-electron chi connectivity index (χ0n) is 13.6. The van der Waals surface area contributed by atoms with Gasteiger partial charge in [0.15, 0.2) is 11.2 Å². The molecular weight excluding hydrogens is 354 g/mol. The maximum atomic E-state index is 12.5. The first kappa shape index (κ1) is 17.5. The van der Waals surface area contributed by atoms with Gasteiger partial charge in [0.25, 0.3) is 5.56 Å². The number of ether oxygens (including phenoxy) is 1. The standard InChI is InChI=1S/C18H15N5O2.ClH/c19-18-22-16-15(20-11-21-16)17(24)23(18)10-12-6-8-14(9-7-12)25-13-4-2-1-3-5-13;/h1-9,11H,10H2,(H2,19,22)(H,20,21);1H. The maximum Gasteiger partial charge on any atom is 0.281 e. The highest BCUT2D eigenvalue weighted by Crippen LogP contribution is 2.21. The summed E-state index contributed by atoms with van der Waals surface area (Å²) >= 11 is 0. The molecule has 4 rings (SSSR count). The number of H-pyrrole nitrogens is 1. The number of benzene rings is 2. The molecule has 0 fully saturated rings. The number of nitrogens with zero attached hydrogens (tertiary/aromatic N) is 3. The summed E-state index contributed by atoms with van der Waals surface area (Å²) in [4.78, 5) is 23.4. The van der Waals surface area contributed by atoms with Crippen molar-refractivity contribution in [1.29, 1.82) is 0 Å². The van der Waals surface area contributed by atoms with Crippen LogP contribution in [0.25, 0.3) is 11.2 Å². The van der Waals surface area contributed by atoms with E-state index in [-0.39, 0.29) is 23.9 Å². The minimum absolute atomic E-state index is 0. The molecule has 3 N–H and O–H groups in total. The Kier molecular flexibility index (Phi) is 4.90. The molecule has 0 radical (unpaired) electrons. The van der Waals surface area contributed by atoms with Gasteiger partial charge >= 0.3 is 0 Å². The van der Waals surface area contributed by atoms with Crippen LogP contribution < -0.4 is 16.0 Å². The van der Waals surface area contributed by atoms with Gasteiger partial charge in [0.2, 0.25) is 5.95 Å². The number of hydrogen-bond acceptors (Lipinski definition) is 5. The predicted molar refractivity (Wildman–Crippen MR) is 102 cm³/mol. The van der Waals surface area contributed by atoms with Gasteiger partial charge in [-0.2, -0.15) is 4.98 Å². The van der Waals surface area contributed by atoms with Gasteiger partial charge in [-0.1, -0.05) is 30.3 Å². The van der Waals surface area contributed by atoms with Crippen molar-refractivity contribution >= 4 is 29.5 Å². The Labute approximate surface area is 154 Å². The molecule has 0 spiro atoms. The summed E-state index contributed by atoms with van der Waals surface area (Å²) in [6, 6.07) is 17.0. The van der Waals surface area contributed by atoms with Gasteiger partial charge in [0.05, 0.1) is 12.9 Å². The summed E-state index contributed by atoms with van der Waals surface area (Å²) in [5.74, 6) is 1.62. The molecule has 0 aliphatic heterocycles. The van der Waals surface area contributed by atoms with E-state index in [2.05, 4.69) is 15.0 Å². The van der Waals surface area contributed by atoms with Crippen LogP contribution in [0.2, 0.25) is 0 Å². The molecular formula is C18H16ClN5O2. The van der Waals surface area contributed by atoms with Crippen LogP contribution in [0.3, 0.4) is 0 Å². The third-order valence-electron chi connectivity index (χ3n) is 3.82. The van der Waals surface area contributed by atoms with Crippen LogP contribution in [0.1, 0.15) is 5.56 Å². The van der Waals surface area contributed by atoms with Gasteiger partial charge in [-0.3, -0.25) is 9.36 Å². The lowest BCUT2D eigenvalue weighted by molar-refractivity contribution is 0.482. The van der Waals surface area contributed by atoms with Crippen molar-refractivity contribution in [2.24, 2.45) is 0 Å². The Morgan fingerprint density at radius 2 is 1.73 bits per heavy atom. The third kappa shape index (κ3) is 3.38. The molecule has 0 saturated heterocycles. The fourth-order valence-corrected chi connectivity index (χ4v) is 2.56. The van der Waals surface area contributed by atoms with Crippen LogP contribution in [-0.4, -0.2) is 19.5 Å². The molecule has 2 aromatic heterocycles. The first-order valence-electron chi connectivity index (χ1n) is 7.72. The second-order valence-electron chi connectivity index (χ2n) is 5.52. The number of aromatic nitrogens is 4. The van der Waals surface area contributed by atoms with Crippen molar-refractivity contribution in [3.05, 3.63) is 76.8 Å². The van der Waals surface area contributed by atoms with E-state index in [0.717, 1.165) is 17.1 Å². The van der Waals surface area contributed by atoms with Gasteiger partial charge in [0, 0.05) is 0 Å². The zero-order chi connectivity index (χ0) is 17.2. The van der Waals surface area contributed by atoms with Gasteiger partial charge in [-0.25, -0.2) is 4.98 Å². The van der Waals surface area contributed by atoms with E-state index in [4.69, 9.17) is 10.5 Å². The third-order valence-corrected chi connectivity index (χ3v) is 3.82. The lowest BCUT2D eigenvalue weighted by Gasteiger charge is -2.10. The van der Waals surface area contributed by atoms with E-state index in [9.17, 15) is 4.79 Å². The summed E-state index contributed by atoms with van der Waals surface area (Å²) < 4.78 is 7.17. The summed E-state index contributed by atoms with van der Waals surface area (Å²) in [5.41, 5.74) is 7.24. The van der Waals surface area contributed by atoms with Crippen LogP contribution in [0.5, 0.6) is 11.5 Å². The van der Waals surface area contributed by atoms with E-state index in [1.165, 1.54) is 10.9 Å². The zero-order valence-corrected chi connectivity index (χ0v) is 14.4. The van der Waals surface area contributed by atoms with Crippen LogP contribution in [0.4, 0.5) is 5.95 Å². The van der Waals surface area contributed by atoms with E-state index < -0.39 is 0 Å². The highest BCUT2D eigenvalue weighted by atomic mass is 35.5. The smallest absolute Gasteiger partial charge is 0.281 e. The Balaban J connectivity index is 0.00000196. The van der Waals surface area contributed by atoms with E-state index in [1.807, 2.05) is 54.6 Å². The van der Waals surface area contributed by atoms with E-state index >= 15 is 0 Å². The number of nitrogen functional groups attached to an aromatic ring is 1. The highest BCUT2D eigenvalue weighted by molar-refractivity contribution is 5.85. The quantitative estimate of drug-likeness (QED) is 0.576. The fourth-order valence-electron chi connectivity index (χ4n) is 2.56. The number of nitrogens with two attached hydrogens (primary N) is 1. The average molecular weight is 370 g/mol. The summed E-state index contributed by atoms with van der Waals surface area (Å²) in [6.45, 7) is 0.318. The van der Waals surface area contributed by atoms with Crippen LogP contribution in [0, 0.1) is 0 Å².